The molecule has 0 N–H and O–H groups in total. The van der Waals surface area contributed by atoms with Crippen molar-refractivity contribution >= 4 is 0 Å². The summed E-state index contributed by atoms with van der Waals surface area (Å²) < 4.78 is 5.85. The highest BCUT2D eigenvalue weighted by Gasteiger charge is 2.31. The van der Waals surface area contributed by atoms with E-state index in [0.29, 0.717) is 12.1 Å². The highest BCUT2D eigenvalue weighted by Crippen LogP contribution is 2.31. The molecule has 2 saturated carbocycles. The zero-order valence-electron chi connectivity index (χ0n) is 12.6. The minimum absolute atomic E-state index is 0.375. The summed E-state index contributed by atoms with van der Waals surface area (Å²) in [5.74, 6) is 2.14. The summed E-state index contributed by atoms with van der Waals surface area (Å²) in [4.78, 5) is 2.43. The summed E-state index contributed by atoms with van der Waals surface area (Å²) in [5.41, 5.74) is 0. The van der Waals surface area contributed by atoms with Crippen molar-refractivity contribution < 1.29 is 4.74 Å². The molecule has 2 nitrogen and oxygen atoms in total. The molecule has 2 aliphatic rings. The molecule has 0 amide bonds. The molecule has 2 atom stereocenters. The molecule has 2 fully saturated rings. The van der Waals surface area contributed by atoms with Gasteiger partial charge in [-0.15, -0.1) is 0 Å². The Balaban J connectivity index is 1.84. The third kappa shape index (κ3) is 4.19. The van der Waals surface area contributed by atoms with E-state index in [0.717, 1.165) is 12.5 Å². The third-order valence-corrected chi connectivity index (χ3v) is 4.72. The maximum Gasteiger partial charge on any atom is 0.0751 e. The molecule has 0 saturated heterocycles. The van der Waals surface area contributed by atoms with Crippen LogP contribution in [0, 0.1) is 37.5 Å². The van der Waals surface area contributed by atoms with Crippen LogP contribution in [0.5, 0.6) is 0 Å². The van der Waals surface area contributed by atoms with Gasteiger partial charge in [-0.1, -0.05) is 19.3 Å². The van der Waals surface area contributed by atoms with Crippen LogP contribution < -0.4 is 0 Å². The molecular formula is C17H28NO. The molecule has 0 aromatic carbocycles. The number of hydrogen-bond donors (Lipinski definition) is 0. The number of nitrogens with zero attached hydrogens (tertiary/aromatic N) is 1. The summed E-state index contributed by atoms with van der Waals surface area (Å²) >= 11 is 0. The number of ether oxygens (including phenoxy) is 1. The molecule has 2 rings (SSSR count). The molecule has 0 aromatic heterocycles. The van der Waals surface area contributed by atoms with Crippen LogP contribution in [0.3, 0.4) is 0 Å². The quantitative estimate of drug-likeness (QED) is 0.728. The molecule has 0 aliphatic heterocycles. The first-order valence-corrected chi connectivity index (χ1v) is 7.66. The van der Waals surface area contributed by atoms with Gasteiger partial charge >= 0.3 is 0 Å². The Kier molecular flexibility index (Phi) is 6.15. The van der Waals surface area contributed by atoms with Crippen molar-refractivity contribution in [1.82, 2.24) is 4.90 Å². The van der Waals surface area contributed by atoms with E-state index in [1.165, 1.54) is 38.0 Å². The molecule has 2 aliphatic carbocycles. The summed E-state index contributed by atoms with van der Waals surface area (Å²) in [5, 5.41) is 0. The molecule has 107 valence electrons. The summed E-state index contributed by atoms with van der Waals surface area (Å²) in [7, 11) is 4.10. The van der Waals surface area contributed by atoms with E-state index >= 15 is 0 Å². The van der Waals surface area contributed by atoms with Gasteiger partial charge in [-0.3, -0.25) is 0 Å². The van der Waals surface area contributed by atoms with Gasteiger partial charge in [-0.25, -0.2) is 0 Å². The Bertz CT molecular complexity index is 244. The molecule has 0 heterocycles. The van der Waals surface area contributed by atoms with Gasteiger partial charge in [0.05, 0.1) is 6.10 Å². The second-order valence-electron chi connectivity index (χ2n) is 6.05. The van der Waals surface area contributed by atoms with E-state index < -0.39 is 0 Å². The van der Waals surface area contributed by atoms with Crippen LogP contribution in [-0.2, 0) is 4.74 Å². The zero-order valence-corrected chi connectivity index (χ0v) is 12.6. The van der Waals surface area contributed by atoms with Crippen LogP contribution in [0.2, 0.25) is 0 Å². The minimum atomic E-state index is 0.375. The highest BCUT2D eigenvalue weighted by atomic mass is 16.5. The van der Waals surface area contributed by atoms with Crippen molar-refractivity contribution in [1.29, 1.82) is 0 Å². The Morgan fingerprint density at radius 1 is 1.21 bits per heavy atom. The van der Waals surface area contributed by atoms with Gasteiger partial charge in [-0.05, 0) is 64.3 Å². The fourth-order valence-electron chi connectivity index (χ4n) is 3.45. The van der Waals surface area contributed by atoms with E-state index in [-0.39, 0.29) is 0 Å². The lowest BCUT2D eigenvalue weighted by Gasteiger charge is -2.38. The number of rotatable bonds is 6. The lowest BCUT2D eigenvalue weighted by atomic mass is 9.82. The van der Waals surface area contributed by atoms with E-state index in [1.54, 1.807) is 0 Å². The van der Waals surface area contributed by atoms with Crippen LogP contribution in [0.15, 0.2) is 0 Å². The maximum atomic E-state index is 5.85. The van der Waals surface area contributed by atoms with Crippen molar-refractivity contribution in [2.75, 3.05) is 20.7 Å². The van der Waals surface area contributed by atoms with Crippen LogP contribution in [0.4, 0.5) is 0 Å². The molecule has 0 unspecified atom stereocenters. The van der Waals surface area contributed by atoms with Crippen molar-refractivity contribution in [3.05, 3.63) is 31.6 Å². The lowest BCUT2D eigenvalue weighted by molar-refractivity contribution is -0.0178. The van der Waals surface area contributed by atoms with Gasteiger partial charge in [0.25, 0.3) is 0 Å². The largest absolute Gasteiger partial charge is 0.380 e. The molecule has 0 bridgehead atoms. The Morgan fingerprint density at radius 2 is 1.84 bits per heavy atom. The Morgan fingerprint density at radius 3 is 2.42 bits per heavy atom. The minimum Gasteiger partial charge on any atom is -0.380 e. The predicted molar refractivity (Wildman–Crippen MR) is 79.9 cm³/mol. The first-order chi connectivity index (χ1) is 9.22. The van der Waals surface area contributed by atoms with Crippen molar-refractivity contribution in [3.63, 3.8) is 0 Å². The van der Waals surface area contributed by atoms with Crippen molar-refractivity contribution in [2.24, 2.45) is 5.92 Å². The SMILES string of the molecule is CO[C@@H](C1CCCCC1)[C@H](C)N(C)C[C]1[CH][CH][CH][CH]1. The van der Waals surface area contributed by atoms with E-state index in [9.17, 15) is 0 Å². The van der Waals surface area contributed by atoms with Crippen molar-refractivity contribution in [2.45, 2.75) is 51.2 Å². The number of hydrogen-bond acceptors (Lipinski definition) is 2. The van der Waals surface area contributed by atoms with Gasteiger partial charge in [0.1, 0.15) is 0 Å². The second-order valence-corrected chi connectivity index (χ2v) is 6.05. The molecule has 19 heavy (non-hydrogen) atoms. The third-order valence-electron chi connectivity index (χ3n) is 4.72. The second kappa shape index (κ2) is 7.64. The summed E-state index contributed by atoms with van der Waals surface area (Å²) in [6.45, 7) is 3.33. The molecule has 2 heteroatoms. The maximum absolute atomic E-state index is 5.85. The monoisotopic (exact) mass is 262 g/mol. The van der Waals surface area contributed by atoms with E-state index in [4.69, 9.17) is 4.74 Å². The van der Waals surface area contributed by atoms with Gasteiger partial charge in [-0.2, -0.15) is 0 Å². The normalized spacial score (nSPS) is 25.9. The lowest BCUT2D eigenvalue weighted by Crippen LogP contribution is -2.45. The van der Waals surface area contributed by atoms with Crippen LogP contribution in [-0.4, -0.2) is 37.7 Å². The highest BCUT2D eigenvalue weighted by molar-refractivity contribution is 5.36. The molecular weight excluding hydrogens is 234 g/mol. The molecule has 0 spiro atoms. The van der Waals surface area contributed by atoms with Gasteiger partial charge in [0.15, 0.2) is 0 Å². The predicted octanol–water partition coefficient (Wildman–Crippen LogP) is 3.31. The standard InChI is InChI=1S/C17H28NO/c1-14(18(2)13-15-9-7-8-10-15)17(19-3)16-11-5-4-6-12-16/h7-10,14,16-17H,4-6,11-13H2,1-3H3/t14-,17+/m0/s1. The summed E-state index contributed by atoms with van der Waals surface area (Å²) in [6, 6.07) is 0.475. The first-order valence-electron chi connectivity index (χ1n) is 7.66. The van der Waals surface area contributed by atoms with Gasteiger partial charge in [0.2, 0.25) is 0 Å². The molecule has 0 aromatic rings. The zero-order chi connectivity index (χ0) is 13.7. The van der Waals surface area contributed by atoms with Crippen molar-refractivity contribution in [3.8, 4) is 0 Å². The fourth-order valence-corrected chi connectivity index (χ4v) is 3.45. The Hall–Kier alpha value is -0.0800. The van der Waals surface area contributed by atoms with E-state index in [1.807, 2.05) is 7.11 Å². The average Bonchev–Trinajstić information content (AvgIpc) is 2.93. The van der Waals surface area contributed by atoms with E-state index in [2.05, 4.69) is 44.6 Å². The van der Waals surface area contributed by atoms with Crippen LogP contribution >= 0.6 is 0 Å². The topological polar surface area (TPSA) is 12.5 Å². The Labute approximate surface area is 119 Å². The summed E-state index contributed by atoms with van der Waals surface area (Å²) in [6.07, 6.45) is 15.8. The smallest absolute Gasteiger partial charge is 0.0751 e. The fraction of sp³-hybridized carbons (Fsp3) is 0.706. The number of likely N-dealkylation sites (N-methyl/N-ethyl adjacent to an activating group) is 1. The first kappa shape index (κ1) is 15.3. The number of methoxy groups -OCH3 is 1. The van der Waals surface area contributed by atoms with Crippen LogP contribution in [0.1, 0.15) is 39.0 Å². The van der Waals surface area contributed by atoms with Gasteiger partial charge in [0, 0.05) is 19.7 Å². The average molecular weight is 262 g/mol. The molecule has 5 radical (unpaired) electrons. The van der Waals surface area contributed by atoms with Gasteiger partial charge < -0.3 is 9.64 Å². The van der Waals surface area contributed by atoms with Crippen LogP contribution in [0.25, 0.3) is 0 Å².